The Bertz CT molecular complexity index is 688. The number of anilines is 1. The molecule has 1 saturated heterocycles. The highest BCUT2D eigenvalue weighted by Crippen LogP contribution is 2.22. The number of rotatable bonds is 5. The van der Waals surface area contributed by atoms with Crippen molar-refractivity contribution in [2.75, 3.05) is 25.0 Å². The average molecular weight is 368 g/mol. The van der Waals surface area contributed by atoms with Gasteiger partial charge in [0.2, 0.25) is 15.9 Å². The fraction of sp³-hybridized carbons (Fsp3) is 0.611. The Morgan fingerprint density at radius 3 is 2.36 bits per heavy atom. The maximum Gasteiger partial charge on any atom is 0.243 e. The normalized spacial score (nSPS) is 17.1. The molecule has 0 unspecified atom stereocenters. The maximum atomic E-state index is 12.8. The molecule has 0 atom stereocenters. The van der Waals surface area contributed by atoms with E-state index in [0.717, 1.165) is 25.7 Å². The molecule has 0 aliphatic carbocycles. The van der Waals surface area contributed by atoms with Crippen LogP contribution in [0.3, 0.4) is 0 Å². The van der Waals surface area contributed by atoms with Crippen LogP contribution in [0, 0.1) is 0 Å². The lowest BCUT2D eigenvalue weighted by molar-refractivity contribution is -0.115. The van der Waals surface area contributed by atoms with E-state index in [2.05, 4.69) is 10.6 Å². The lowest BCUT2D eigenvalue weighted by atomic mass is 10.1. The van der Waals surface area contributed by atoms with E-state index in [1.54, 1.807) is 22.5 Å². The van der Waals surface area contributed by atoms with E-state index in [0.29, 0.717) is 18.8 Å². The molecule has 7 heteroatoms. The van der Waals surface area contributed by atoms with E-state index in [1.807, 2.05) is 20.8 Å². The molecule has 0 radical (unpaired) electrons. The number of hydrogen-bond donors (Lipinski definition) is 2. The van der Waals surface area contributed by atoms with Crippen molar-refractivity contribution in [2.45, 2.75) is 56.9 Å². The van der Waals surface area contributed by atoms with Crippen LogP contribution in [0.15, 0.2) is 29.2 Å². The standard InChI is InChI=1S/C18H29N3O3S/c1-18(2,3)19-14-17(22)20-15-9-8-10-16(13-15)25(23,24)21-11-6-4-5-7-12-21/h8-10,13,19H,4-7,11-12,14H2,1-3H3,(H,20,22). The predicted molar refractivity (Wildman–Crippen MR) is 100 cm³/mol. The number of benzene rings is 1. The van der Waals surface area contributed by atoms with Crippen LogP contribution >= 0.6 is 0 Å². The minimum Gasteiger partial charge on any atom is -0.325 e. The third kappa shape index (κ3) is 6.09. The minimum absolute atomic E-state index is 0.157. The number of carbonyl (C=O) groups is 1. The fourth-order valence-electron chi connectivity index (χ4n) is 2.72. The van der Waals surface area contributed by atoms with Gasteiger partial charge in [0.1, 0.15) is 0 Å². The molecule has 0 spiro atoms. The van der Waals surface area contributed by atoms with Gasteiger partial charge in [-0.15, -0.1) is 0 Å². The molecule has 2 N–H and O–H groups in total. The first kappa shape index (κ1) is 19.9. The minimum atomic E-state index is -3.51. The van der Waals surface area contributed by atoms with Crippen LogP contribution in [0.2, 0.25) is 0 Å². The van der Waals surface area contributed by atoms with Crippen LogP contribution in [0.1, 0.15) is 46.5 Å². The predicted octanol–water partition coefficient (Wildman–Crippen LogP) is 2.58. The number of hydrogen-bond acceptors (Lipinski definition) is 4. The third-order valence-electron chi connectivity index (χ3n) is 4.10. The second kappa shape index (κ2) is 8.29. The summed E-state index contributed by atoms with van der Waals surface area (Å²) in [5, 5.41) is 5.86. The first-order valence-corrected chi connectivity index (χ1v) is 10.3. The van der Waals surface area contributed by atoms with Crippen LogP contribution in [-0.2, 0) is 14.8 Å². The monoisotopic (exact) mass is 367 g/mol. The smallest absolute Gasteiger partial charge is 0.243 e. The van der Waals surface area contributed by atoms with E-state index in [-0.39, 0.29) is 22.9 Å². The molecule has 1 heterocycles. The SMILES string of the molecule is CC(C)(C)NCC(=O)Nc1cccc(S(=O)(=O)N2CCCCCC2)c1. The lowest BCUT2D eigenvalue weighted by Crippen LogP contribution is -2.41. The van der Waals surface area contributed by atoms with Gasteiger partial charge in [-0.2, -0.15) is 4.31 Å². The molecule has 1 aromatic carbocycles. The zero-order chi connectivity index (χ0) is 18.5. The summed E-state index contributed by atoms with van der Waals surface area (Å²) in [6, 6.07) is 6.49. The number of amides is 1. The number of nitrogens with one attached hydrogen (secondary N) is 2. The summed E-state index contributed by atoms with van der Waals surface area (Å²) in [5.74, 6) is -0.195. The molecule has 1 aliphatic heterocycles. The molecule has 0 aromatic heterocycles. The molecule has 2 rings (SSSR count). The maximum absolute atomic E-state index is 12.8. The quantitative estimate of drug-likeness (QED) is 0.838. The van der Waals surface area contributed by atoms with Crippen molar-refractivity contribution >= 4 is 21.6 Å². The second-order valence-corrected chi connectivity index (χ2v) is 9.44. The first-order chi connectivity index (χ1) is 11.7. The highest BCUT2D eigenvalue weighted by molar-refractivity contribution is 7.89. The molecule has 1 aliphatic rings. The Balaban J connectivity index is 2.08. The molecule has 140 valence electrons. The molecule has 1 fully saturated rings. The molecule has 6 nitrogen and oxygen atoms in total. The van der Waals surface area contributed by atoms with Crippen LogP contribution in [0.4, 0.5) is 5.69 Å². The van der Waals surface area contributed by atoms with Gasteiger partial charge in [0.05, 0.1) is 11.4 Å². The largest absolute Gasteiger partial charge is 0.325 e. The van der Waals surface area contributed by atoms with Gasteiger partial charge in [0.15, 0.2) is 0 Å². The molecule has 1 amide bonds. The van der Waals surface area contributed by atoms with E-state index >= 15 is 0 Å². The van der Waals surface area contributed by atoms with Crippen molar-refractivity contribution in [3.05, 3.63) is 24.3 Å². The number of carbonyl (C=O) groups excluding carboxylic acids is 1. The van der Waals surface area contributed by atoms with Gasteiger partial charge in [-0.3, -0.25) is 4.79 Å². The fourth-order valence-corrected chi connectivity index (χ4v) is 4.28. The molecule has 0 saturated carbocycles. The molecular formula is C18H29N3O3S. The van der Waals surface area contributed by atoms with Crippen LogP contribution in [0.25, 0.3) is 0 Å². The van der Waals surface area contributed by atoms with Gasteiger partial charge in [-0.1, -0.05) is 18.9 Å². The van der Waals surface area contributed by atoms with Crippen molar-refractivity contribution in [3.63, 3.8) is 0 Å². The summed E-state index contributed by atoms with van der Waals surface area (Å²) >= 11 is 0. The number of nitrogens with zero attached hydrogens (tertiary/aromatic N) is 1. The van der Waals surface area contributed by atoms with E-state index in [4.69, 9.17) is 0 Å². The van der Waals surface area contributed by atoms with Gasteiger partial charge in [-0.05, 0) is 51.8 Å². The molecular weight excluding hydrogens is 338 g/mol. The Kier molecular flexibility index (Phi) is 6.59. The zero-order valence-corrected chi connectivity index (χ0v) is 16.2. The van der Waals surface area contributed by atoms with Gasteiger partial charge in [-0.25, -0.2) is 8.42 Å². The summed E-state index contributed by atoms with van der Waals surface area (Å²) in [5.41, 5.74) is 0.339. The van der Waals surface area contributed by atoms with Crippen molar-refractivity contribution < 1.29 is 13.2 Å². The van der Waals surface area contributed by atoms with E-state index in [9.17, 15) is 13.2 Å². The summed E-state index contributed by atoms with van der Waals surface area (Å²) in [6.07, 6.45) is 3.94. The first-order valence-electron chi connectivity index (χ1n) is 8.84. The van der Waals surface area contributed by atoms with E-state index in [1.165, 1.54) is 6.07 Å². The third-order valence-corrected chi connectivity index (χ3v) is 5.99. The van der Waals surface area contributed by atoms with Gasteiger partial charge < -0.3 is 10.6 Å². The van der Waals surface area contributed by atoms with Crippen molar-refractivity contribution in [1.29, 1.82) is 0 Å². The van der Waals surface area contributed by atoms with Crippen LogP contribution in [0.5, 0.6) is 0 Å². The highest BCUT2D eigenvalue weighted by Gasteiger charge is 2.25. The Morgan fingerprint density at radius 1 is 1.12 bits per heavy atom. The summed E-state index contributed by atoms with van der Waals surface area (Å²) < 4.78 is 27.2. The van der Waals surface area contributed by atoms with Crippen LogP contribution in [-0.4, -0.2) is 43.8 Å². The second-order valence-electron chi connectivity index (χ2n) is 7.50. The average Bonchev–Trinajstić information content (AvgIpc) is 2.82. The lowest BCUT2D eigenvalue weighted by Gasteiger charge is -2.21. The Hall–Kier alpha value is -1.44. The molecule has 1 aromatic rings. The van der Waals surface area contributed by atoms with Gasteiger partial charge in [0, 0.05) is 24.3 Å². The summed E-state index contributed by atoms with van der Waals surface area (Å²) in [7, 11) is -3.51. The van der Waals surface area contributed by atoms with Crippen molar-refractivity contribution in [2.24, 2.45) is 0 Å². The van der Waals surface area contributed by atoms with E-state index < -0.39 is 10.0 Å². The van der Waals surface area contributed by atoms with Crippen molar-refractivity contribution in [3.8, 4) is 0 Å². The van der Waals surface area contributed by atoms with Gasteiger partial charge >= 0.3 is 0 Å². The highest BCUT2D eigenvalue weighted by atomic mass is 32.2. The van der Waals surface area contributed by atoms with Gasteiger partial charge in [0.25, 0.3) is 0 Å². The Labute approximate surface area is 151 Å². The summed E-state index contributed by atoms with van der Waals surface area (Å²) in [4.78, 5) is 12.3. The zero-order valence-electron chi connectivity index (χ0n) is 15.3. The van der Waals surface area contributed by atoms with Crippen LogP contribution < -0.4 is 10.6 Å². The Morgan fingerprint density at radius 2 is 1.76 bits per heavy atom. The topological polar surface area (TPSA) is 78.5 Å². The molecule has 25 heavy (non-hydrogen) atoms. The molecule has 0 bridgehead atoms. The van der Waals surface area contributed by atoms with Crippen molar-refractivity contribution in [1.82, 2.24) is 9.62 Å². The number of sulfonamides is 1. The summed E-state index contributed by atoms with van der Waals surface area (Å²) in [6.45, 7) is 7.24.